The molecule has 0 saturated carbocycles. The van der Waals surface area contributed by atoms with Crippen molar-refractivity contribution in [1.29, 1.82) is 0 Å². The number of pyridine rings is 1. The Morgan fingerprint density at radius 3 is 2.38 bits per heavy atom. The van der Waals surface area contributed by atoms with Gasteiger partial charge in [0.2, 0.25) is 11.8 Å². The average Bonchev–Trinajstić information content (AvgIpc) is 2.72. The maximum atomic E-state index is 13.3. The van der Waals surface area contributed by atoms with Crippen LogP contribution >= 0.6 is 0 Å². The first kappa shape index (κ1) is 24.9. The summed E-state index contributed by atoms with van der Waals surface area (Å²) in [5, 5.41) is 5.26. The number of carbonyl (C=O) groups is 3. The third-order valence-corrected chi connectivity index (χ3v) is 4.82. The number of carbonyl (C=O) groups excluding carboxylic acids is 3. The molecule has 172 valence electrons. The van der Waals surface area contributed by atoms with Gasteiger partial charge in [0.15, 0.2) is 0 Å². The number of benzene rings is 1. The number of hydrogen-bond acceptors (Lipinski definition) is 5. The second-order valence-corrected chi connectivity index (χ2v) is 7.51. The molecule has 0 aliphatic carbocycles. The fourth-order valence-electron chi connectivity index (χ4n) is 3.14. The number of rotatable bonds is 10. The predicted molar refractivity (Wildman–Crippen MR) is 115 cm³/mol. The topological polar surface area (TPSA) is 97.4 Å². The lowest BCUT2D eigenvalue weighted by atomic mass is 10.00. The van der Waals surface area contributed by atoms with Crippen LogP contribution in [0.4, 0.5) is 14.6 Å². The molecule has 2 atom stereocenters. The molecule has 0 saturated heterocycles. The molecule has 1 aromatic carbocycles. The molecule has 2 unspecified atom stereocenters. The molecule has 32 heavy (non-hydrogen) atoms. The number of halogens is 2. The SMILES string of the molecule is CCCC(NC(=O)Cc1cc(F)cc(F)c1)C(=O)Nc1ccc(C(C)CC(=O)OC)cn1. The maximum Gasteiger partial charge on any atom is 0.306 e. The number of hydrogen-bond donors (Lipinski definition) is 2. The molecular formula is C23H27F2N3O4. The number of aromatic nitrogens is 1. The molecule has 0 radical (unpaired) electrons. The van der Waals surface area contributed by atoms with Crippen molar-refractivity contribution in [2.24, 2.45) is 0 Å². The normalized spacial score (nSPS) is 12.5. The van der Waals surface area contributed by atoms with E-state index in [4.69, 9.17) is 0 Å². The van der Waals surface area contributed by atoms with Crippen LogP contribution in [0.5, 0.6) is 0 Å². The van der Waals surface area contributed by atoms with E-state index in [0.717, 1.165) is 23.8 Å². The van der Waals surface area contributed by atoms with Gasteiger partial charge in [0.1, 0.15) is 23.5 Å². The van der Waals surface area contributed by atoms with Gasteiger partial charge in [0.05, 0.1) is 20.0 Å². The van der Waals surface area contributed by atoms with Gasteiger partial charge in [0, 0.05) is 12.3 Å². The summed E-state index contributed by atoms with van der Waals surface area (Å²) in [5.41, 5.74) is 0.989. The number of methoxy groups -OCH3 is 1. The first-order chi connectivity index (χ1) is 15.2. The summed E-state index contributed by atoms with van der Waals surface area (Å²) in [5.74, 6) is -2.64. The van der Waals surface area contributed by atoms with Crippen LogP contribution in [0.3, 0.4) is 0 Å². The molecule has 0 spiro atoms. The van der Waals surface area contributed by atoms with Gasteiger partial charge >= 0.3 is 5.97 Å². The summed E-state index contributed by atoms with van der Waals surface area (Å²) in [7, 11) is 1.33. The molecule has 0 bridgehead atoms. The highest BCUT2D eigenvalue weighted by Crippen LogP contribution is 2.20. The monoisotopic (exact) mass is 447 g/mol. The van der Waals surface area contributed by atoms with Crippen LogP contribution in [0.2, 0.25) is 0 Å². The van der Waals surface area contributed by atoms with Crippen LogP contribution in [0, 0.1) is 11.6 Å². The zero-order chi connectivity index (χ0) is 23.7. The molecule has 1 heterocycles. The maximum absolute atomic E-state index is 13.3. The van der Waals surface area contributed by atoms with Gasteiger partial charge < -0.3 is 15.4 Å². The molecule has 2 rings (SSSR count). The Balaban J connectivity index is 1.98. The third-order valence-electron chi connectivity index (χ3n) is 4.82. The standard InChI is InChI=1S/C23H27F2N3O4/c1-4-5-19(27-21(29)11-15-9-17(24)12-18(25)10-15)23(31)28-20-7-6-16(13-26-20)14(2)8-22(30)32-3/h6-7,9-10,12-14,19H,4-5,8,11H2,1-3H3,(H,27,29)(H,26,28,31). The van der Waals surface area contributed by atoms with Crippen LogP contribution in [0.25, 0.3) is 0 Å². The second-order valence-electron chi connectivity index (χ2n) is 7.51. The molecule has 2 aromatic rings. The van der Waals surface area contributed by atoms with Gasteiger partial charge in [-0.3, -0.25) is 14.4 Å². The number of nitrogens with one attached hydrogen (secondary N) is 2. The molecule has 7 nitrogen and oxygen atoms in total. The van der Waals surface area contributed by atoms with Crippen molar-refractivity contribution in [2.75, 3.05) is 12.4 Å². The predicted octanol–water partition coefficient (Wildman–Crippen LogP) is 3.49. The van der Waals surface area contributed by atoms with Gasteiger partial charge in [-0.2, -0.15) is 0 Å². The number of anilines is 1. The van der Waals surface area contributed by atoms with Crippen molar-refractivity contribution in [2.45, 2.75) is 51.5 Å². The highest BCUT2D eigenvalue weighted by atomic mass is 19.1. The highest BCUT2D eigenvalue weighted by Gasteiger charge is 2.21. The number of nitrogens with zero attached hydrogens (tertiary/aromatic N) is 1. The van der Waals surface area contributed by atoms with E-state index in [9.17, 15) is 23.2 Å². The van der Waals surface area contributed by atoms with Crippen molar-refractivity contribution >= 4 is 23.6 Å². The second kappa shape index (κ2) is 11.9. The van der Waals surface area contributed by atoms with Crippen LogP contribution in [0.1, 0.15) is 50.2 Å². The van der Waals surface area contributed by atoms with E-state index in [0.29, 0.717) is 18.7 Å². The van der Waals surface area contributed by atoms with Gasteiger partial charge in [-0.25, -0.2) is 13.8 Å². The number of amides is 2. The van der Waals surface area contributed by atoms with Crippen LogP contribution in [-0.2, 0) is 25.5 Å². The summed E-state index contributed by atoms with van der Waals surface area (Å²) in [6.45, 7) is 3.73. The quantitative estimate of drug-likeness (QED) is 0.544. The van der Waals surface area contributed by atoms with E-state index in [1.807, 2.05) is 13.8 Å². The highest BCUT2D eigenvalue weighted by molar-refractivity contribution is 5.96. The first-order valence-corrected chi connectivity index (χ1v) is 10.3. The largest absolute Gasteiger partial charge is 0.469 e. The number of ether oxygens (including phenoxy) is 1. The lowest BCUT2D eigenvalue weighted by molar-refractivity contribution is -0.141. The Morgan fingerprint density at radius 1 is 1.12 bits per heavy atom. The Hall–Kier alpha value is -3.36. The summed E-state index contributed by atoms with van der Waals surface area (Å²) in [6.07, 6.45) is 2.53. The fraction of sp³-hybridized carbons (Fsp3) is 0.391. The Kier molecular flexibility index (Phi) is 9.24. The Labute approximate surface area is 185 Å². The van der Waals surface area contributed by atoms with Crippen molar-refractivity contribution in [3.05, 3.63) is 59.3 Å². The minimum atomic E-state index is -0.828. The minimum absolute atomic E-state index is 0.0977. The molecule has 0 fully saturated rings. The third kappa shape index (κ3) is 7.72. The van der Waals surface area contributed by atoms with Crippen molar-refractivity contribution in [1.82, 2.24) is 10.3 Å². The lowest BCUT2D eigenvalue weighted by Gasteiger charge is -2.18. The first-order valence-electron chi connectivity index (χ1n) is 10.3. The van der Waals surface area contributed by atoms with E-state index in [1.54, 1.807) is 18.3 Å². The van der Waals surface area contributed by atoms with E-state index < -0.39 is 29.5 Å². The molecular weight excluding hydrogens is 420 g/mol. The minimum Gasteiger partial charge on any atom is -0.469 e. The molecule has 1 aromatic heterocycles. The fourth-order valence-corrected chi connectivity index (χ4v) is 3.14. The van der Waals surface area contributed by atoms with Gasteiger partial charge in [0.25, 0.3) is 0 Å². The van der Waals surface area contributed by atoms with Gasteiger partial charge in [-0.05, 0) is 41.7 Å². The molecule has 0 aliphatic rings. The summed E-state index contributed by atoms with van der Waals surface area (Å²) in [4.78, 5) is 40.6. The van der Waals surface area contributed by atoms with Gasteiger partial charge in [-0.15, -0.1) is 0 Å². The summed E-state index contributed by atoms with van der Waals surface area (Å²) >= 11 is 0. The lowest BCUT2D eigenvalue weighted by Crippen LogP contribution is -2.44. The van der Waals surface area contributed by atoms with E-state index >= 15 is 0 Å². The molecule has 2 N–H and O–H groups in total. The van der Waals surface area contributed by atoms with Crippen molar-refractivity contribution in [3.63, 3.8) is 0 Å². The Morgan fingerprint density at radius 2 is 1.81 bits per heavy atom. The number of esters is 1. The van der Waals surface area contributed by atoms with Crippen LogP contribution < -0.4 is 10.6 Å². The molecule has 0 aliphatic heterocycles. The van der Waals surface area contributed by atoms with Gasteiger partial charge in [-0.1, -0.05) is 26.3 Å². The van der Waals surface area contributed by atoms with Crippen LogP contribution in [0.15, 0.2) is 36.5 Å². The van der Waals surface area contributed by atoms with Crippen molar-refractivity contribution in [3.8, 4) is 0 Å². The Bertz CT molecular complexity index is 931. The molecule has 2 amide bonds. The summed E-state index contributed by atoms with van der Waals surface area (Å²) < 4.78 is 31.3. The molecule has 9 heteroatoms. The van der Waals surface area contributed by atoms with Crippen molar-refractivity contribution < 1.29 is 27.9 Å². The van der Waals surface area contributed by atoms with Crippen LogP contribution in [-0.4, -0.2) is 35.9 Å². The van der Waals surface area contributed by atoms with E-state index in [2.05, 4.69) is 20.4 Å². The van der Waals surface area contributed by atoms with E-state index in [-0.39, 0.29) is 30.3 Å². The zero-order valence-electron chi connectivity index (χ0n) is 18.3. The average molecular weight is 447 g/mol. The zero-order valence-corrected chi connectivity index (χ0v) is 18.3. The smallest absolute Gasteiger partial charge is 0.306 e. The van der Waals surface area contributed by atoms with E-state index in [1.165, 1.54) is 7.11 Å². The summed E-state index contributed by atoms with van der Waals surface area (Å²) in [6, 6.07) is 5.41.